The Balaban J connectivity index is 2.22. The molecule has 0 aliphatic rings. The van der Waals surface area contributed by atoms with Crippen molar-refractivity contribution in [1.29, 1.82) is 0 Å². The van der Waals surface area contributed by atoms with Crippen molar-refractivity contribution < 1.29 is 9.47 Å². The zero-order chi connectivity index (χ0) is 16.4. The van der Waals surface area contributed by atoms with Crippen LogP contribution >= 0.6 is 11.6 Å². The van der Waals surface area contributed by atoms with Crippen LogP contribution in [0.2, 0.25) is 5.02 Å². The second kappa shape index (κ2) is 6.30. The molecule has 0 atom stereocenters. The molecule has 1 aromatic heterocycles. The van der Waals surface area contributed by atoms with Crippen LogP contribution in [0.1, 0.15) is 5.56 Å². The summed E-state index contributed by atoms with van der Waals surface area (Å²) in [5, 5.41) is 5.03. The largest absolute Gasteiger partial charge is 0.493 e. The van der Waals surface area contributed by atoms with Gasteiger partial charge in [0.1, 0.15) is 6.33 Å². The average molecular weight is 330 g/mol. The molecule has 5 nitrogen and oxygen atoms in total. The lowest BCUT2D eigenvalue weighted by molar-refractivity contribution is 0.356. The summed E-state index contributed by atoms with van der Waals surface area (Å²) in [7, 11) is 3.21. The Bertz CT molecular complexity index is 846. The van der Waals surface area contributed by atoms with E-state index < -0.39 is 0 Å². The number of benzene rings is 2. The number of hydrogen-bond donors (Lipinski definition) is 0. The number of para-hydroxylation sites is 1. The summed E-state index contributed by atoms with van der Waals surface area (Å²) < 4.78 is 12.6. The van der Waals surface area contributed by atoms with Gasteiger partial charge < -0.3 is 9.47 Å². The van der Waals surface area contributed by atoms with Gasteiger partial charge in [0.15, 0.2) is 17.3 Å². The maximum atomic E-state index is 6.23. The van der Waals surface area contributed by atoms with Crippen LogP contribution in [0.5, 0.6) is 11.5 Å². The minimum Gasteiger partial charge on any atom is -0.493 e. The van der Waals surface area contributed by atoms with Gasteiger partial charge in [0, 0.05) is 5.02 Å². The highest BCUT2D eigenvalue weighted by molar-refractivity contribution is 6.31. The third-order valence-corrected chi connectivity index (χ3v) is 4.07. The molecule has 0 spiro atoms. The highest BCUT2D eigenvalue weighted by atomic mass is 35.5. The van der Waals surface area contributed by atoms with Crippen molar-refractivity contribution in [3.63, 3.8) is 0 Å². The summed E-state index contributed by atoms with van der Waals surface area (Å²) in [6.07, 6.45) is 1.51. The molecule has 0 amide bonds. The Labute approximate surface area is 139 Å². The van der Waals surface area contributed by atoms with Gasteiger partial charge in [-0.05, 0) is 36.8 Å². The number of hydrogen-bond acceptors (Lipinski definition) is 4. The highest BCUT2D eigenvalue weighted by Crippen LogP contribution is 2.37. The van der Waals surface area contributed by atoms with Gasteiger partial charge in [-0.15, -0.1) is 0 Å². The number of aromatic nitrogens is 3. The molecule has 0 saturated carbocycles. The quantitative estimate of drug-likeness (QED) is 0.728. The summed E-state index contributed by atoms with van der Waals surface area (Å²) >= 11 is 6.23. The monoisotopic (exact) mass is 329 g/mol. The first kappa shape index (κ1) is 15.4. The van der Waals surface area contributed by atoms with Gasteiger partial charge >= 0.3 is 0 Å². The normalized spacial score (nSPS) is 10.6. The van der Waals surface area contributed by atoms with Crippen molar-refractivity contribution in [1.82, 2.24) is 14.8 Å². The molecular formula is C17H16ClN3O2. The maximum absolute atomic E-state index is 6.23. The Morgan fingerprint density at radius 1 is 1.04 bits per heavy atom. The average Bonchev–Trinajstić information content (AvgIpc) is 3.05. The lowest BCUT2D eigenvalue weighted by Crippen LogP contribution is -2.03. The van der Waals surface area contributed by atoms with Crippen molar-refractivity contribution >= 4 is 11.6 Å². The Morgan fingerprint density at radius 2 is 1.83 bits per heavy atom. The predicted molar refractivity (Wildman–Crippen MR) is 89.6 cm³/mol. The fourth-order valence-corrected chi connectivity index (χ4v) is 2.66. The third-order valence-electron chi connectivity index (χ3n) is 3.66. The van der Waals surface area contributed by atoms with Gasteiger partial charge in [0.05, 0.1) is 25.5 Å². The van der Waals surface area contributed by atoms with Crippen LogP contribution < -0.4 is 9.47 Å². The molecule has 0 unspecified atom stereocenters. The standard InChI is InChI=1S/C17H16ClN3O2/c1-11-13(18)7-5-8-14(11)21-17(19-10-20-21)12-6-4-9-15(22-2)16(12)23-3/h4-10H,1-3H3. The summed E-state index contributed by atoms with van der Waals surface area (Å²) in [6, 6.07) is 11.3. The van der Waals surface area contributed by atoms with Crippen LogP contribution in [-0.2, 0) is 0 Å². The minimum absolute atomic E-state index is 0.615. The first-order chi connectivity index (χ1) is 11.2. The van der Waals surface area contributed by atoms with E-state index in [-0.39, 0.29) is 0 Å². The molecule has 0 bridgehead atoms. The molecule has 1 heterocycles. The first-order valence-electron chi connectivity index (χ1n) is 7.04. The molecule has 0 radical (unpaired) electrons. The third kappa shape index (κ3) is 2.64. The van der Waals surface area contributed by atoms with E-state index in [9.17, 15) is 0 Å². The second-order valence-corrected chi connectivity index (χ2v) is 5.33. The van der Waals surface area contributed by atoms with Gasteiger partial charge in [-0.1, -0.05) is 23.7 Å². The molecule has 0 fully saturated rings. The zero-order valence-electron chi connectivity index (χ0n) is 13.1. The maximum Gasteiger partial charge on any atom is 0.171 e. The Kier molecular flexibility index (Phi) is 4.21. The van der Waals surface area contributed by atoms with E-state index in [2.05, 4.69) is 10.1 Å². The van der Waals surface area contributed by atoms with Crippen LogP contribution in [0.25, 0.3) is 17.1 Å². The van der Waals surface area contributed by atoms with Gasteiger partial charge in [-0.25, -0.2) is 9.67 Å². The molecule has 118 valence electrons. The summed E-state index contributed by atoms with van der Waals surface area (Å²) in [4.78, 5) is 4.39. The molecule has 3 aromatic rings. The number of ether oxygens (including phenoxy) is 2. The minimum atomic E-state index is 0.615. The number of methoxy groups -OCH3 is 2. The van der Waals surface area contributed by atoms with Gasteiger partial charge in [-0.3, -0.25) is 0 Å². The van der Waals surface area contributed by atoms with Crippen LogP contribution in [0.3, 0.4) is 0 Å². The molecule has 6 heteroatoms. The molecule has 2 aromatic carbocycles. The molecule has 23 heavy (non-hydrogen) atoms. The number of rotatable bonds is 4. The number of halogens is 1. The zero-order valence-corrected chi connectivity index (χ0v) is 13.8. The second-order valence-electron chi connectivity index (χ2n) is 4.92. The Hall–Kier alpha value is -2.53. The number of nitrogens with zero attached hydrogens (tertiary/aromatic N) is 3. The molecule has 0 aliphatic heterocycles. The molecular weight excluding hydrogens is 314 g/mol. The molecule has 0 aliphatic carbocycles. The van der Waals surface area contributed by atoms with E-state index >= 15 is 0 Å². The van der Waals surface area contributed by atoms with Crippen molar-refractivity contribution in [2.24, 2.45) is 0 Å². The van der Waals surface area contributed by atoms with Crippen LogP contribution in [0, 0.1) is 6.92 Å². The van der Waals surface area contributed by atoms with E-state index in [4.69, 9.17) is 21.1 Å². The van der Waals surface area contributed by atoms with E-state index in [0.717, 1.165) is 16.8 Å². The van der Waals surface area contributed by atoms with E-state index in [1.165, 1.54) is 6.33 Å². The van der Waals surface area contributed by atoms with Crippen molar-refractivity contribution in [3.8, 4) is 28.6 Å². The van der Waals surface area contributed by atoms with Crippen LogP contribution in [0.15, 0.2) is 42.7 Å². The fraction of sp³-hybridized carbons (Fsp3) is 0.176. The topological polar surface area (TPSA) is 49.2 Å². The van der Waals surface area contributed by atoms with Crippen LogP contribution in [-0.4, -0.2) is 29.0 Å². The summed E-state index contributed by atoms with van der Waals surface area (Å²) in [5.41, 5.74) is 2.60. The SMILES string of the molecule is COc1cccc(-c2ncnn2-c2cccc(Cl)c2C)c1OC. The highest BCUT2D eigenvalue weighted by Gasteiger charge is 2.18. The van der Waals surface area contributed by atoms with Crippen molar-refractivity contribution in [3.05, 3.63) is 53.3 Å². The smallest absolute Gasteiger partial charge is 0.171 e. The lowest BCUT2D eigenvalue weighted by atomic mass is 10.1. The summed E-state index contributed by atoms with van der Waals surface area (Å²) in [6.45, 7) is 1.95. The van der Waals surface area contributed by atoms with E-state index in [0.29, 0.717) is 22.3 Å². The first-order valence-corrected chi connectivity index (χ1v) is 7.42. The Morgan fingerprint density at radius 3 is 2.57 bits per heavy atom. The van der Waals surface area contributed by atoms with Gasteiger partial charge in [-0.2, -0.15) is 5.10 Å². The summed E-state index contributed by atoms with van der Waals surface area (Å²) in [5.74, 6) is 1.91. The van der Waals surface area contributed by atoms with Crippen molar-refractivity contribution in [2.75, 3.05) is 14.2 Å². The van der Waals surface area contributed by atoms with Gasteiger partial charge in [0.2, 0.25) is 0 Å². The van der Waals surface area contributed by atoms with E-state index in [1.807, 2.05) is 43.3 Å². The lowest BCUT2D eigenvalue weighted by Gasteiger charge is -2.14. The van der Waals surface area contributed by atoms with Gasteiger partial charge in [0.25, 0.3) is 0 Å². The van der Waals surface area contributed by atoms with Crippen molar-refractivity contribution in [2.45, 2.75) is 6.92 Å². The molecule has 0 saturated heterocycles. The van der Waals surface area contributed by atoms with E-state index in [1.54, 1.807) is 18.9 Å². The fourth-order valence-electron chi connectivity index (χ4n) is 2.49. The molecule has 3 rings (SSSR count). The van der Waals surface area contributed by atoms with Crippen LogP contribution in [0.4, 0.5) is 0 Å². The predicted octanol–water partition coefficient (Wildman–Crippen LogP) is 3.91. The molecule has 0 N–H and O–H groups in total.